The highest BCUT2D eigenvalue weighted by Crippen LogP contribution is 2.29. The van der Waals surface area contributed by atoms with Gasteiger partial charge in [-0.25, -0.2) is 0 Å². The first kappa shape index (κ1) is 16.7. The van der Waals surface area contributed by atoms with E-state index in [1.54, 1.807) is 0 Å². The molecule has 0 aromatic heterocycles. The highest BCUT2D eigenvalue weighted by Gasteiger charge is 2.28. The van der Waals surface area contributed by atoms with Crippen molar-refractivity contribution in [1.82, 2.24) is 4.90 Å². The number of benzene rings is 1. The Bertz CT molecular complexity index is 448. The van der Waals surface area contributed by atoms with E-state index in [1.807, 2.05) is 0 Å². The largest absolute Gasteiger partial charge is 0.326 e. The summed E-state index contributed by atoms with van der Waals surface area (Å²) in [7, 11) is 0. The van der Waals surface area contributed by atoms with Gasteiger partial charge in [0.15, 0.2) is 0 Å². The summed E-state index contributed by atoms with van der Waals surface area (Å²) in [6.45, 7) is 9.36. The van der Waals surface area contributed by atoms with Crippen molar-refractivity contribution in [3.63, 3.8) is 0 Å². The van der Waals surface area contributed by atoms with Crippen molar-refractivity contribution in [3.05, 3.63) is 35.4 Å². The predicted octanol–water partition coefficient (Wildman–Crippen LogP) is 3.40. The minimum Gasteiger partial charge on any atom is -0.326 e. The summed E-state index contributed by atoms with van der Waals surface area (Å²) in [6, 6.07) is 11.3. The van der Waals surface area contributed by atoms with Gasteiger partial charge in [-0.15, -0.1) is 0 Å². The first-order valence-electron chi connectivity index (χ1n) is 7.46. The molecule has 0 aliphatic heterocycles. The maximum atomic E-state index is 8.89. The first-order chi connectivity index (χ1) is 9.52. The Kier molecular flexibility index (Phi) is 6.70. The molecule has 0 radical (unpaired) electrons. The molecular formula is C17H27N3. The molecule has 0 saturated carbocycles. The average Bonchev–Trinajstić information content (AvgIpc) is 2.43. The van der Waals surface area contributed by atoms with Crippen LogP contribution in [0, 0.1) is 18.3 Å². The van der Waals surface area contributed by atoms with E-state index in [4.69, 9.17) is 11.0 Å². The molecule has 1 aromatic carbocycles. The fraction of sp³-hybridized carbons (Fsp3) is 0.588. The van der Waals surface area contributed by atoms with Gasteiger partial charge < -0.3 is 5.73 Å². The number of hydrogen-bond acceptors (Lipinski definition) is 3. The molecule has 1 rings (SSSR count). The molecule has 2 N–H and O–H groups in total. The molecule has 2 unspecified atom stereocenters. The lowest BCUT2D eigenvalue weighted by molar-refractivity contribution is 0.133. The Labute approximate surface area is 123 Å². The lowest BCUT2D eigenvalue weighted by atomic mass is 9.92. The second kappa shape index (κ2) is 8.04. The molecular weight excluding hydrogens is 246 g/mol. The molecule has 0 spiro atoms. The zero-order valence-corrected chi connectivity index (χ0v) is 13.1. The van der Waals surface area contributed by atoms with Crippen LogP contribution in [0.25, 0.3) is 0 Å². The summed E-state index contributed by atoms with van der Waals surface area (Å²) in [6.07, 6.45) is 1.46. The summed E-state index contributed by atoms with van der Waals surface area (Å²) < 4.78 is 0. The van der Waals surface area contributed by atoms with Crippen molar-refractivity contribution in [2.45, 2.75) is 58.7 Å². The van der Waals surface area contributed by atoms with Crippen molar-refractivity contribution >= 4 is 0 Å². The van der Waals surface area contributed by atoms with E-state index in [9.17, 15) is 0 Å². The van der Waals surface area contributed by atoms with Gasteiger partial charge in [0.1, 0.15) is 0 Å². The van der Waals surface area contributed by atoms with E-state index in [2.05, 4.69) is 62.9 Å². The Morgan fingerprint density at radius 2 is 1.95 bits per heavy atom. The van der Waals surface area contributed by atoms with Crippen LogP contribution in [0.15, 0.2) is 24.3 Å². The number of aryl methyl sites for hydroxylation is 1. The Morgan fingerprint density at radius 1 is 1.30 bits per heavy atom. The third-order valence-corrected chi connectivity index (χ3v) is 3.89. The van der Waals surface area contributed by atoms with Crippen molar-refractivity contribution in [2.75, 3.05) is 6.54 Å². The highest BCUT2D eigenvalue weighted by molar-refractivity contribution is 5.30. The minimum atomic E-state index is 0.0807. The fourth-order valence-corrected chi connectivity index (χ4v) is 2.69. The molecule has 110 valence electrons. The van der Waals surface area contributed by atoms with E-state index in [-0.39, 0.29) is 12.1 Å². The van der Waals surface area contributed by atoms with Gasteiger partial charge in [0.2, 0.25) is 0 Å². The van der Waals surface area contributed by atoms with Gasteiger partial charge in [0.25, 0.3) is 0 Å². The van der Waals surface area contributed by atoms with E-state index < -0.39 is 0 Å². The molecule has 2 atom stereocenters. The Morgan fingerprint density at radius 3 is 2.45 bits per heavy atom. The molecule has 3 heteroatoms. The standard InChI is InChI=1S/C17H27N3/c1-5-16(19)17(15-10-7-6-9-14(15)4)20(13(2)3)12-8-11-18/h6-7,9-10,13,16-17H,5,8,12,19H2,1-4H3. The smallest absolute Gasteiger partial charge is 0.0635 e. The van der Waals surface area contributed by atoms with Gasteiger partial charge in [0.05, 0.1) is 12.1 Å². The van der Waals surface area contributed by atoms with Gasteiger partial charge in [-0.2, -0.15) is 5.26 Å². The van der Waals surface area contributed by atoms with Crippen LogP contribution in [-0.4, -0.2) is 23.5 Å². The monoisotopic (exact) mass is 273 g/mol. The molecule has 0 amide bonds. The predicted molar refractivity (Wildman–Crippen MR) is 84.3 cm³/mol. The number of nitrogens with two attached hydrogens (primary N) is 1. The van der Waals surface area contributed by atoms with Gasteiger partial charge in [-0.05, 0) is 38.3 Å². The van der Waals surface area contributed by atoms with Crippen molar-refractivity contribution < 1.29 is 0 Å². The highest BCUT2D eigenvalue weighted by atomic mass is 15.2. The van der Waals surface area contributed by atoms with E-state index in [1.165, 1.54) is 11.1 Å². The molecule has 3 nitrogen and oxygen atoms in total. The zero-order chi connectivity index (χ0) is 15.1. The van der Waals surface area contributed by atoms with Gasteiger partial charge in [-0.3, -0.25) is 4.90 Å². The summed E-state index contributed by atoms with van der Waals surface area (Å²) in [5, 5.41) is 8.89. The van der Waals surface area contributed by atoms with Gasteiger partial charge in [-0.1, -0.05) is 31.2 Å². The third kappa shape index (κ3) is 4.06. The quantitative estimate of drug-likeness (QED) is 0.828. The number of hydrogen-bond donors (Lipinski definition) is 1. The number of nitrogens with zero attached hydrogens (tertiary/aromatic N) is 2. The molecule has 1 aromatic rings. The lowest BCUT2D eigenvalue weighted by Gasteiger charge is -2.38. The third-order valence-electron chi connectivity index (χ3n) is 3.89. The Balaban J connectivity index is 3.16. The van der Waals surface area contributed by atoms with E-state index in [0.717, 1.165) is 13.0 Å². The maximum absolute atomic E-state index is 8.89. The van der Waals surface area contributed by atoms with Crippen LogP contribution in [0.4, 0.5) is 0 Å². The van der Waals surface area contributed by atoms with Crippen LogP contribution >= 0.6 is 0 Å². The molecule has 0 aliphatic carbocycles. The van der Waals surface area contributed by atoms with E-state index in [0.29, 0.717) is 12.5 Å². The van der Waals surface area contributed by atoms with Crippen LogP contribution < -0.4 is 5.73 Å². The van der Waals surface area contributed by atoms with E-state index >= 15 is 0 Å². The van der Waals surface area contributed by atoms with Crippen molar-refractivity contribution in [2.24, 2.45) is 5.73 Å². The topological polar surface area (TPSA) is 53.0 Å². The van der Waals surface area contributed by atoms with Crippen LogP contribution in [0.2, 0.25) is 0 Å². The second-order valence-corrected chi connectivity index (χ2v) is 5.61. The molecule has 0 heterocycles. The fourth-order valence-electron chi connectivity index (χ4n) is 2.69. The van der Waals surface area contributed by atoms with Crippen molar-refractivity contribution in [1.29, 1.82) is 5.26 Å². The maximum Gasteiger partial charge on any atom is 0.0635 e. The van der Waals surface area contributed by atoms with Crippen LogP contribution in [0.3, 0.4) is 0 Å². The average molecular weight is 273 g/mol. The minimum absolute atomic E-state index is 0.0807. The van der Waals surface area contributed by atoms with Crippen LogP contribution in [0.5, 0.6) is 0 Å². The Hall–Kier alpha value is -1.37. The number of nitriles is 1. The van der Waals surface area contributed by atoms with Crippen LogP contribution in [0.1, 0.15) is 50.8 Å². The van der Waals surface area contributed by atoms with Gasteiger partial charge >= 0.3 is 0 Å². The van der Waals surface area contributed by atoms with Crippen molar-refractivity contribution in [3.8, 4) is 6.07 Å². The van der Waals surface area contributed by atoms with Crippen LogP contribution in [-0.2, 0) is 0 Å². The molecule has 0 fully saturated rings. The summed E-state index contributed by atoms with van der Waals surface area (Å²) in [4.78, 5) is 2.36. The SMILES string of the molecule is CCC(N)C(c1ccccc1C)N(CCC#N)C(C)C. The van der Waals surface area contributed by atoms with Gasteiger partial charge in [0, 0.05) is 25.0 Å². The summed E-state index contributed by atoms with van der Waals surface area (Å²) in [5.74, 6) is 0. The molecule has 0 bridgehead atoms. The molecule has 0 aliphatic rings. The first-order valence-corrected chi connectivity index (χ1v) is 7.46. The summed E-state index contributed by atoms with van der Waals surface area (Å²) in [5.41, 5.74) is 8.96. The second-order valence-electron chi connectivity index (χ2n) is 5.61. The zero-order valence-electron chi connectivity index (χ0n) is 13.1. The summed E-state index contributed by atoms with van der Waals surface area (Å²) >= 11 is 0. The molecule has 20 heavy (non-hydrogen) atoms. The molecule has 0 saturated heterocycles. The number of rotatable bonds is 7. The normalized spacial score (nSPS) is 14.3. The lowest BCUT2D eigenvalue weighted by Crippen LogP contribution is -2.45.